The second kappa shape index (κ2) is 6.87. The van der Waals surface area contributed by atoms with Gasteiger partial charge in [0.05, 0.1) is 29.9 Å². The third-order valence-electron chi connectivity index (χ3n) is 3.68. The number of ether oxygens (including phenoxy) is 1. The summed E-state index contributed by atoms with van der Waals surface area (Å²) in [6.07, 6.45) is 0.703. The van der Waals surface area contributed by atoms with Gasteiger partial charge >= 0.3 is 0 Å². The zero-order chi connectivity index (χ0) is 16.2. The summed E-state index contributed by atoms with van der Waals surface area (Å²) in [6.45, 7) is 0.523. The lowest BCUT2D eigenvalue weighted by Gasteiger charge is -2.26. The number of anilines is 1. The number of amides is 1. The fourth-order valence-corrected chi connectivity index (χ4v) is 2.73. The highest BCUT2D eigenvalue weighted by atomic mass is 35.5. The number of para-hydroxylation sites is 1. The number of carbonyl (C=O) groups is 1. The van der Waals surface area contributed by atoms with Crippen LogP contribution in [0.15, 0.2) is 42.5 Å². The van der Waals surface area contributed by atoms with Gasteiger partial charge in [0.2, 0.25) is 5.91 Å². The predicted molar refractivity (Wildman–Crippen MR) is 87.3 cm³/mol. The van der Waals surface area contributed by atoms with Crippen molar-refractivity contribution in [1.82, 2.24) is 5.32 Å². The van der Waals surface area contributed by atoms with Crippen molar-refractivity contribution in [3.8, 4) is 5.75 Å². The normalized spacial score (nSPS) is 16.2. The Kier molecular flexibility index (Phi) is 4.67. The summed E-state index contributed by atoms with van der Waals surface area (Å²) in [7, 11) is 0. The zero-order valence-electron chi connectivity index (χ0n) is 12.3. The average Bonchev–Trinajstić information content (AvgIpc) is 2.56. The molecule has 23 heavy (non-hydrogen) atoms. The van der Waals surface area contributed by atoms with E-state index in [4.69, 9.17) is 16.3 Å². The minimum Gasteiger partial charge on any atom is -0.493 e. The number of fused-ring (bicyclic) bond motifs is 1. The quantitative estimate of drug-likeness (QED) is 0.899. The Morgan fingerprint density at radius 1 is 1.26 bits per heavy atom. The monoisotopic (exact) mass is 334 g/mol. The van der Waals surface area contributed by atoms with E-state index in [9.17, 15) is 9.18 Å². The maximum atomic E-state index is 13.8. The van der Waals surface area contributed by atoms with Crippen LogP contribution in [0.25, 0.3) is 0 Å². The molecule has 1 amide bonds. The first kappa shape index (κ1) is 15.6. The van der Waals surface area contributed by atoms with Gasteiger partial charge in [-0.1, -0.05) is 35.9 Å². The molecule has 120 valence electrons. The average molecular weight is 335 g/mol. The molecule has 0 spiro atoms. The van der Waals surface area contributed by atoms with Crippen LogP contribution in [0.1, 0.15) is 18.0 Å². The van der Waals surface area contributed by atoms with Gasteiger partial charge in [0.25, 0.3) is 0 Å². The molecular formula is C17H16ClFN2O2. The van der Waals surface area contributed by atoms with Crippen LogP contribution in [0.3, 0.4) is 0 Å². The Hall–Kier alpha value is -2.27. The van der Waals surface area contributed by atoms with Crippen LogP contribution in [0, 0.1) is 5.82 Å². The van der Waals surface area contributed by atoms with Gasteiger partial charge in [-0.2, -0.15) is 0 Å². The second-order valence-corrected chi connectivity index (χ2v) is 5.66. The molecule has 2 N–H and O–H groups in total. The molecule has 1 unspecified atom stereocenters. The van der Waals surface area contributed by atoms with Crippen molar-refractivity contribution in [3.05, 3.63) is 58.9 Å². The van der Waals surface area contributed by atoms with Crippen molar-refractivity contribution in [2.75, 3.05) is 18.5 Å². The van der Waals surface area contributed by atoms with Crippen molar-refractivity contribution >= 4 is 23.2 Å². The van der Waals surface area contributed by atoms with Gasteiger partial charge in [-0.15, -0.1) is 0 Å². The molecule has 0 saturated heterocycles. The zero-order valence-corrected chi connectivity index (χ0v) is 13.1. The van der Waals surface area contributed by atoms with Crippen LogP contribution in [-0.2, 0) is 4.79 Å². The summed E-state index contributed by atoms with van der Waals surface area (Å²) in [5, 5.41) is 5.73. The van der Waals surface area contributed by atoms with E-state index in [0.29, 0.717) is 13.0 Å². The van der Waals surface area contributed by atoms with Gasteiger partial charge in [0.15, 0.2) is 5.82 Å². The topological polar surface area (TPSA) is 50.4 Å². The first-order chi connectivity index (χ1) is 11.1. The van der Waals surface area contributed by atoms with Crippen LogP contribution in [0.5, 0.6) is 5.75 Å². The molecule has 2 aromatic rings. The summed E-state index contributed by atoms with van der Waals surface area (Å²) in [5.41, 5.74) is 1.17. The van der Waals surface area contributed by atoms with Crippen LogP contribution >= 0.6 is 11.6 Å². The number of halogens is 2. The van der Waals surface area contributed by atoms with Gasteiger partial charge < -0.3 is 15.4 Å². The lowest BCUT2D eigenvalue weighted by molar-refractivity contribution is -0.120. The van der Waals surface area contributed by atoms with Crippen molar-refractivity contribution in [2.24, 2.45) is 0 Å². The smallest absolute Gasteiger partial charge is 0.239 e. The lowest BCUT2D eigenvalue weighted by Crippen LogP contribution is -2.35. The minimum absolute atomic E-state index is 0.0220. The molecule has 0 radical (unpaired) electrons. The largest absolute Gasteiger partial charge is 0.493 e. The van der Waals surface area contributed by atoms with Crippen molar-refractivity contribution in [2.45, 2.75) is 12.5 Å². The maximum Gasteiger partial charge on any atom is 0.239 e. The number of hydrogen-bond donors (Lipinski definition) is 2. The number of benzene rings is 2. The fraction of sp³-hybridized carbons (Fsp3) is 0.235. The second-order valence-electron chi connectivity index (χ2n) is 5.25. The van der Waals surface area contributed by atoms with Gasteiger partial charge in [0.1, 0.15) is 5.75 Å². The molecule has 0 fully saturated rings. The molecule has 2 aromatic carbocycles. The molecule has 1 aliphatic heterocycles. The summed E-state index contributed by atoms with van der Waals surface area (Å²) >= 11 is 5.71. The SMILES string of the molecule is O=C(CNc1cccc(Cl)c1F)NC1CCOc2ccccc21. The number of nitrogens with one attached hydrogen (secondary N) is 2. The van der Waals surface area contributed by atoms with E-state index in [1.807, 2.05) is 24.3 Å². The Morgan fingerprint density at radius 3 is 2.96 bits per heavy atom. The summed E-state index contributed by atoms with van der Waals surface area (Å²) in [4.78, 5) is 12.1. The number of rotatable bonds is 4. The Morgan fingerprint density at radius 2 is 2.09 bits per heavy atom. The number of carbonyl (C=O) groups excluding carboxylic acids is 1. The number of hydrogen-bond acceptors (Lipinski definition) is 3. The van der Waals surface area contributed by atoms with E-state index in [1.165, 1.54) is 12.1 Å². The van der Waals surface area contributed by atoms with Gasteiger partial charge in [-0.05, 0) is 18.2 Å². The third-order valence-corrected chi connectivity index (χ3v) is 3.98. The molecule has 4 nitrogen and oxygen atoms in total. The van der Waals surface area contributed by atoms with Crippen LogP contribution in [-0.4, -0.2) is 19.1 Å². The standard InChI is InChI=1S/C17H16ClFN2O2/c18-12-5-3-6-14(17(12)19)20-10-16(22)21-13-8-9-23-15-7-2-1-4-11(13)15/h1-7,13,20H,8-10H2,(H,21,22). The fourth-order valence-electron chi connectivity index (χ4n) is 2.55. The molecule has 1 heterocycles. The molecular weight excluding hydrogens is 319 g/mol. The van der Waals surface area contributed by atoms with E-state index in [2.05, 4.69) is 10.6 Å². The maximum absolute atomic E-state index is 13.8. The highest BCUT2D eigenvalue weighted by Gasteiger charge is 2.22. The van der Waals surface area contributed by atoms with Gasteiger partial charge in [-0.25, -0.2) is 4.39 Å². The van der Waals surface area contributed by atoms with Crippen molar-refractivity contribution in [3.63, 3.8) is 0 Å². The first-order valence-corrected chi connectivity index (χ1v) is 7.72. The molecule has 0 saturated carbocycles. The van der Waals surface area contributed by atoms with Crippen molar-refractivity contribution < 1.29 is 13.9 Å². The highest BCUT2D eigenvalue weighted by molar-refractivity contribution is 6.31. The van der Waals surface area contributed by atoms with E-state index >= 15 is 0 Å². The molecule has 0 bridgehead atoms. The van der Waals surface area contributed by atoms with E-state index in [-0.39, 0.29) is 29.2 Å². The molecule has 0 aliphatic carbocycles. The van der Waals surface area contributed by atoms with Gasteiger partial charge in [0, 0.05) is 12.0 Å². The Bertz CT molecular complexity index is 723. The summed E-state index contributed by atoms with van der Waals surface area (Å²) < 4.78 is 19.3. The Balaban J connectivity index is 1.61. The molecule has 1 aliphatic rings. The highest BCUT2D eigenvalue weighted by Crippen LogP contribution is 2.31. The van der Waals surface area contributed by atoms with E-state index in [0.717, 1.165) is 11.3 Å². The predicted octanol–water partition coefficient (Wildman–Crippen LogP) is 3.53. The summed E-state index contributed by atoms with van der Waals surface area (Å²) in [6, 6.07) is 12.1. The Labute approximate surface area is 138 Å². The third kappa shape index (κ3) is 3.56. The lowest BCUT2D eigenvalue weighted by atomic mass is 10.0. The minimum atomic E-state index is -0.557. The molecule has 0 aromatic heterocycles. The molecule has 6 heteroatoms. The van der Waals surface area contributed by atoms with Crippen LogP contribution in [0.4, 0.5) is 10.1 Å². The van der Waals surface area contributed by atoms with Crippen LogP contribution < -0.4 is 15.4 Å². The molecule has 3 rings (SSSR count). The molecule has 1 atom stereocenters. The van der Waals surface area contributed by atoms with Crippen LogP contribution in [0.2, 0.25) is 5.02 Å². The van der Waals surface area contributed by atoms with Crippen molar-refractivity contribution in [1.29, 1.82) is 0 Å². The van der Waals surface area contributed by atoms with E-state index < -0.39 is 5.82 Å². The van der Waals surface area contributed by atoms with Gasteiger partial charge in [-0.3, -0.25) is 4.79 Å². The summed E-state index contributed by atoms with van der Waals surface area (Å²) in [5.74, 6) is 0.0161. The van der Waals surface area contributed by atoms with E-state index in [1.54, 1.807) is 6.07 Å². The first-order valence-electron chi connectivity index (χ1n) is 7.34.